The van der Waals surface area contributed by atoms with E-state index >= 15 is 0 Å². The van der Waals surface area contributed by atoms with Gasteiger partial charge in [-0.1, -0.05) is 30.3 Å². The van der Waals surface area contributed by atoms with E-state index in [1.807, 2.05) is 51.1 Å². The average Bonchev–Trinajstić information content (AvgIpc) is 2.14. The van der Waals surface area contributed by atoms with Crippen molar-refractivity contribution in [3.63, 3.8) is 0 Å². The molecule has 0 amide bonds. The Hall–Kier alpha value is -1.15. The van der Waals surface area contributed by atoms with Crippen LogP contribution in [-0.2, 0) is 0 Å². The summed E-state index contributed by atoms with van der Waals surface area (Å²) < 4.78 is 0. The van der Waals surface area contributed by atoms with Crippen molar-refractivity contribution in [1.82, 2.24) is 0 Å². The second-order valence-corrected chi connectivity index (χ2v) is 4.30. The minimum Gasteiger partial charge on any atom is -0.383 e. The van der Waals surface area contributed by atoms with Crippen LogP contribution in [0, 0.1) is 0 Å². The van der Waals surface area contributed by atoms with Gasteiger partial charge in [0, 0.05) is 6.21 Å². The van der Waals surface area contributed by atoms with Gasteiger partial charge in [-0.25, -0.2) is 0 Å². The Kier molecular flexibility index (Phi) is 3.42. The normalized spacial score (nSPS) is 14.6. The summed E-state index contributed by atoms with van der Waals surface area (Å²) in [7, 11) is 0. The molecule has 0 saturated heterocycles. The zero-order valence-electron chi connectivity index (χ0n) is 8.94. The molecule has 2 nitrogen and oxygen atoms in total. The van der Waals surface area contributed by atoms with Crippen molar-refractivity contribution in [2.75, 3.05) is 0 Å². The predicted octanol–water partition coefficient (Wildman–Crippen LogP) is 2.59. The fourth-order valence-corrected chi connectivity index (χ4v) is 1.03. The summed E-state index contributed by atoms with van der Waals surface area (Å²) in [6, 6.07) is 9.52. The molecule has 0 saturated carbocycles. The molecule has 0 bridgehead atoms. The van der Waals surface area contributed by atoms with Gasteiger partial charge in [0.15, 0.2) is 0 Å². The molecule has 2 heteroatoms. The molecule has 0 aliphatic carbocycles. The number of hydrogen-bond donors (Lipinski definition) is 1. The van der Waals surface area contributed by atoms with E-state index in [2.05, 4.69) is 4.99 Å². The summed E-state index contributed by atoms with van der Waals surface area (Å²) >= 11 is 0. The molecule has 0 aromatic heterocycles. The second-order valence-electron chi connectivity index (χ2n) is 4.30. The molecule has 14 heavy (non-hydrogen) atoms. The zero-order chi connectivity index (χ0) is 10.6. The van der Waals surface area contributed by atoms with Crippen LogP contribution < -0.4 is 0 Å². The monoisotopic (exact) mass is 191 g/mol. The first-order chi connectivity index (χ1) is 6.49. The van der Waals surface area contributed by atoms with Gasteiger partial charge in [-0.15, -0.1) is 0 Å². The van der Waals surface area contributed by atoms with E-state index in [4.69, 9.17) is 0 Å². The number of aliphatic hydroxyl groups is 1. The minimum atomic E-state index is -0.601. The van der Waals surface area contributed by atoms with E-state index in [0.29, 0.717) is 0 Å². The number of rotatable bonds is 2. The van der Waals surface area contributed by atoms with E-state index in [-0.39, 0.29) is 5.54 Å². The molecule has 0 spiro atoms. The number of aliphatic imine (C=N–C) groups is 1. The molecule has 1 rings (SSSR count). The summed E-state index contributed by atoms with van der Waals surface area (Å²) in [6.45, 7) is 6.00. The van der Waals surface area contributed by atoms with Gasteiger partial charge >= 0.3 is 0 Å². The van der Waals surface area contributed by atoms with E-state index in [9.17, 15) is 5.11 Å². The van der Waals surface area contributed by atoms with Crippen LogP contribution in [-0.4, -0.2) is 16.9 Å². The van der Waals surface area contributed by atoms with Crippen LogP contribution in [0.25, 0.3) is 0 Å². The smallest absolute Gasteiger partial charge is 0.114 e. The molecule has 76 valence electrons. The van der Waals surface area contributed by atoms with Gasteiger partial charge in [-0.3, -0.25) is 4.99 Å². The van der Waals surface area contributed by atoms with E-state index in [1.165, 1.54) is 0 Å². The summed E-state index contributed by atoms with van der Waals surface area (Å²) in [5, 5.41) is 9.73. The molecule has 0 aliphatic rings. The Morgan fingerprint density at radius 2 is 1.79 bits per heavy atom. The van der Waals surface area contributed by atoms with Crippen LogP contribution >= 0.6 is 0 Å². The van der Waals surface area contributed by atoms with Gasteiger partial charge < -0.3 is 5.11 Å². The Morgan fingerprint density at radius 1 is 1.21 bits per heavy atom. The largest absolute Gasteiger partial charge is 0.383 e. The van der Waals surface area contributed by atoms with E-state index in [0.717, 1.165) is 5.56 Å². The quantitative estimate of drug-likeness (QED) is 0.716. The van der Waals surface area contributed by atoms with Crippen molar-refractivity contribution in [2.24, 2.45) is 4.99 Å². The molecule has 1 aromatic rings. The zero-order valence-corrected chi connectivity index (χ0v) is 8.94. The number of benzene rings is 1. The first-order valence-electron chi connectivity index (χ1n) is 4.77. The topological polar surface area (TPSA) is 32.6 Å². The molecular formula is C12H17NO. The first-order valence-corrected chi connectivity index (χ1v) is 4.77. The SMILES string of the molecule is CC(C)(C)N=CC(O)c1ccccc1. The fraction of sp³-hybridized carbons (Fsp3) is 0.417. The van der Waals surface area contributed by atoms with Crippen molar-refractivity contribution >= 4 is 6.21 Å². The highest BCUT2D eigenvalue weighted by molar-refractivity contribution is 5.65. The lowest BCUT2D eigenvalue weighted by Gasteiger charge is -2.12. The van der Waals surface area contributed by atoms with Crippen molar-refractivity contribution in [3.8, 4) is 0 Å². The Labute approximate surface area is 85.3 Å². The van der Waals surface area contributed by atoms with E-state index < -0.39 is 6.10 Å². The van der Waals surface area contributed by atoms with Gasteiger partial charge in [0.1, 0.15) is 6.10 Å². The highest BCUT2D eigenvalue weighted by atomic mass is 16.3. The maximum Gasteiger partial charge on any atom is 0.114 e. The van der Waals surface area contributed by atoms with Crippen LogP contribution in [0.15, 0.2) is 35.3 Å². The van der Waals surface area contributed by atoms with Crippen LogP contribution in [0.1, 0.15) is 32.4 Å². The molecule has 0 aliphatic heterocycles. The third kappa shape index (κ3) is 3.71. The number of nitrogens with zero attached hydrogens (tertiary/aromatic N) is 1. The summed E-state index contributed by atoms with van der Waals surface area (Å²) in [5.41, 5.74) is 0.746. The maximum absolute atomic E-state index is 9.73. The van der Waals surface area contributed by atoms with E-state index in [1.54, 1.807) is 6.21 Å². The van der Waals surface area contributed by atoms with Gasteiger partial charge in [0.25, 0.3) is 0 Å². The van der Waals surface area contributed by atoms with Gasteiger partial charge in [-0.05, 0) is 26.3 Å². The minimum absolute atomic E-state index is 0.129. The average molecular weight is 191 g/mol. The summed E-state index contributed by atoms with van der Waals surface area (Å²) in [4.78, 5) is 4.26. The van der Waals surface area contributed by atoms with Crippen LogP contribution in [0.4, 0.5) is 0 Å². The van der Waals surface area contributed by atoms with Crippen molar-refractivity contribution < 1.29 is 5.11 Å². The number of aliphatic hydroxyl groups excluding tert-OH is 1. The predicted molar refractivity (Wildman–Crippen MR) is 59.6 cm³/mol. The molecule has 1 unspecified atom stereocenters. The van der Waals surface area contributed by atoms with Gasteiger partial charge in [0.2, 0.25) is 0 Å². The van der Waals surface area contributed by atoms with Crippen molar-refractivity contribution in [3.05, 3.63) is 35.9 Å². The third-order valence-corrected chi connectivity index (χ3v) is 1.74. The fourth-order valence-electron chi connectivity index (χ4n) is 1.03. The van der Waals surface area contributed by atoms with Gasteiger partial charge in [-0.2, -0.15) is 0 Å². The van der Waals surface area contributed by atoms with Gasteiger partial charge in [0.05, 0.1) is 5.54 Å². The third-order valence-electron chi connectivity index (χ3n) is 1.74. The lowest BCUT2D eigenvalue weighted by molar-refractivity contribution is 0.251. The van der Waals surface area contributed by atoms with Crippen molar-refractivity contribution in [2.45, 2.75) is 32.4 Å². The molecule has 1 aromatic carbocycles. The molecule has 0 heterocycles. The highest BCUT2D eigenvalue weighted by Crippen LogP contribution is 2.12. The van der Waals surface area contributed by atoms with Crippen LogP contribution in [0.5, 0.6) is 0 Å². The van der Waals surface area contributed by atoms with Crippen LogP contribution in [0.2, 0.25) is 0 Å². The molecule has 0 radical (unpaired) electrons. The molecule has 1 atom stereocenters. The standard InChI is InChI=1S/C12H17NO/c1-12(2,3)13-9-11(14)10-7-5-4-6-8-10/h4-9,11,14H,1-3H3. The molecule has 0 fully saturated rings. The molecular weight excluding hydrogens is 174 g/mol. The highest BCUT2D eigenvalue weighted by Gasteiger charge is 2.08. The molecule has 1 N–H and O–H groups in total. The second kappa shape index (κ2) is 4.38. The Morgan fingerprint density at radius 3 is 2.29 bits per heavy atom. The summed E-state index contributed by atoms with van der Waals surface area (Å²) in [5.74, 6) is 0. The number of hydrogen-bond acceptors (Lipinski definition) is 2. The maximum atomic E-state index is 9.73. The lowest BCUT2D eigenvalue weighted by atomic mass is 10.1. The Bertz CT molecular complexity index is 298. The lowest BCUT2D eigenvalue weighted by Crippen LogP contribution is -2.11. The van der Waals surface area contributed by atoms with Crippen molar-refractivity contribution in [1.29, 1.82) is 0 Å². The van der Waals surface area contributed by atoms with Crippen LogP contribution in [0.3, 0.4) is 0 Å². The summed E-state index contributed by atoms with van der Waals surface area (Å²) in [6.07, 6.45) is 0.991. The first kappa shape index (κ1) is 10.9. The Balaban J connectivity index is 2.69.